The Morgan fingerprint density at radius 3 is 3.00 bits per heavy atom. The highest BCUT2D eigenvalue weighted by Gasteiger charge is 2.39. The molecule has 3 heterocycles. The molecule has 1 fully saturated rings. The molecule has 4 rings (SSSR count). The molecule has 0 bridgehead atoms. The molecule has 0 saturated carbocycles. The molecule has 0 N–H and O–H groups in total. The van der Waals surface area contributed by atoms with Gasteiger partial charge in [-0.1, -0.05) is 11.6 Å². The fourth-order valence-corrected chi connectivity index (χ4v) is 4.26. The predicted octanol–water partition coefficient (Wildman–Crippen LogP) is 3.51. The number of hydrogen-bond acceptors (Lipinski definition) is 4. The fourth-order valence-electron chi connectivity index (χ4n) is 4.09. The summed E-state index contributed by atoms with van der Waals surface area (Å²) in [5.74, 6) is 0.708. The van der Waals surface area contributed by atoms with Crippen molar-refractivity contribution in [3.8, 4) is 0 Å². The van der Waals surface area contributed by atoms with Gasteiger partial charge in [0.2, 0.25) is 5.91 Å². The smallest absolute Gasteiger partial charge is 0.233 e. The summed E-state index contributed by atoms with van der Waals surface area (Å²) in [6, 6.07) is 5.74. The van der Waals surface area contributed by atoms with E-state index in [1.54, 1.807) is 6.20 Å². The third-order valence-corrected chi connectivity index (χ3v) is 5.78. The lowest BCUT2D eigenvalue weighted by Gasteiger charge is -2.39. The van der Waals surface area contributed by atoms with Gasteiger partial charge in [-0.05, 0) is 38.0 Å². The molecule has 2 aliphatic rings. The number of carbonyl (C=O) groups excluding carboxylic acids is 1. The van der Waals surface area contributed by atoms with E-state index in [0.717, 1.165) is 43.1 Å². The van der Waals surface area contributed by atoms with Crippen LogP contribution in [0.1, 0.15) is 31.7 Å². The first-order valence-corrected chi connectivity index (χ1v) is 9.92. The number of carbonyl (C=O) groups is 1. The number of nitrogens with zero attached hydrogens (tertiary/aromatic N) is 4. The third kappa shape index (κ3) is 3.32. The first-order chi connectivity index (χ1) is 13.1. The van der Waals surface area contributed by atoms with Crippen LogP contribution in [0.3, 0.4) is 0 Å². The lowest BCUT2D eigenvalue weighted by molar-refractivity contribution is -0.132. The topological polar surface area (TPSA) is 50.6 Å². The minimum Gasteiger partial charge on any atom is -0.371 e. The van der Waals surface area contributed by atoms with E-state index in [1.165, 1.54) is 0 Å². The molecule has 0 aliphatic carbocycles. The minimum atomic E-state index is -0.302. The molecule has 0 spiro atoms. The highest BCUT2D eigenvalue weighted by Crippen LogP contribution is 2.39. The lowest BCUT2D eigenvalue weighted by atomic mass is 9.91. The van der Waals surface area contributed by atoms with Gasteiger partial charge >= 0.3 is 0 Å². The molecule has 1 aromatic carbocycles. The van der Waals surface area contributed by atoms with E-state index >= 15 is 0 Å². The summed E-state index contributed by atoms with van der Waals surface area (Å²) in [5.41, 5.74) is 1.91. The summed E-state index contributed by atoms with van der Waals surface area (Å²) in [5, 5.41) is 0.639. The average molecular weight is 389 g/mol. The number of anilines is 2. The molecular weight excluding hydrogens is 364 g/mol. The van der Waals surface area contributed by atoms with Crippen LogP contribution in [0.2, 0.25) is 5.02 Å². The maximum Gasteiger partial charge on any atom is 0.233 e. The van der Waals surface area contributed by atoms with Gasteiger partial charge in [-0.15, -0.1) is 0 Å². The molecule has 2 aromatic rings. The van der Waals surface area contributed by atoms with E-state index < -0.39 is 0 Å². The maximum atomic E-state index is 13.6. The Labute approximate surface area is 164 Å². The van der Waals surface area contributed by atoms with Gasteiger partial charge in [0.05, 0.1) is 17.3 Å². The van der Waals surface area contributed by atoms with Crippen molar-refractivity contribution in [2.75, 3.05) is 36.5 Å². The number of halogens is 1. The molecule has 1 amide bonds. The Bertz CT molecular complexity index is 837. The summed E-state index contributed by atoms with van der Waals surface area (Å²) in [6.45, 7) is 4.99. The lowest BCUT2D eigenvalue weighted by Crippen LogP contribution is -2.47. The second-order valence-corrected chi connectivity index (χ2v) is 7.59. The molecule has 7 heteroatoms. The van der Waals surface area contributed by atoms with Crippen molar-refractivity contribution < 1.29 is 9.53 Å². The van der Waals surface area contributed by atoms with Crippen molar-refractivity contribution >= 4 is 28.9 Å². The molecule has 27 heavy (non-hydrogen) atoms. The van der Waals surface area contributed by atoms with E-state index in [2.05, 4.69) is 21.4 Å². The van der Waals surface area contributed by atoms with Gasteiger partial charge in [-0.25, -0.2) is 4.98 Å². The number of likely N-dealkylation sites (N-methyl/N-ethyl adjacent to an activating group) is 1. The van der Waals surface area contributed by atoms with Crippen LogP contribution in [0, 0.1) is 5.92 Å². The van der Waals surface area contributed by atoms with Crippen LogP contribution >= 0.6 is 11.6 Å². The Kier molecular flexibility index (Phi) is 5.10. The van der Waals surface area contributed by atoms with E-state index in [-0.39, 0.29) is 17.9 Å². The Morgan fingerprint density at radius 1 is 1.33 bits per heavy atom. The molecule has 144 valence electrons. The number of fused-ring (bicyclic) bond motifs is 1. The number of amides is 1. The molecular formula is C20H25ClN4O2. The Balaban J connectivity index is 1.67. The van der Waals surface area contributed by atoms with Crippen LogP contribution in [0.25, 0.3) is 0 Å². The number of benzene rings is 1. The number of imidazole rings is 1. The number of ether oxygens (including phenoxy) is 1. The molecule has 1 aromatic heterocycles. The quantitative estimate of drug-likeness (QED) is 0.807. The monoisotopic (exact) mass is 388 g/mol. The Morgan fingerprint density at radius 2 is 2.19 bits per heavy atom. The summed E-state index contributed by atoms with van der Waals surface area (Å²) in [7, 11) is 2.04. The van der Waals surface area contributed by atoms with Gasteiger partial charge in [0.15, 0.2) is 0 Å². The van der Waals surface area contributed by atoms with E-state index in [4.69, 9.17) is 16.3 Å². The fraction of sp³-hybridized carbons (Fsp3) is 0.500. The van der Waals surface area contributed by atoms with Gasteiger partial charge in [0.1, 0.15) is 11.9 Å². The average Bonchev–Trinajstić information content (AvgIpc) is 3.16. The van der Waals surface area contributed by atoms with Crippen LogP contribution in [0.15, 0.2) is 30.6 Å². The largest absolute Gasteiger partial charge is 0.371 e. The molecule has 2 aliphatic heterocycles. The van der Waals surface area contributed by atoms with Crippen LogP contribution in [0.4, 0.5) is 11.4 Å². The van der Waals surface area contributed by atoms with Crippen LogP contribution in [0.5, 0.6) is 0 Å². The van der Waals surface area contributed by atoms with E-state index in [1.807, 2.05) is 36.3 Å². The van der Waals surface area contributed by atoms with E-state index in [0.29, 0.717) is 18.2 Å². The molecule has 6 nitrogen and oxygen atoms in total. The highest BCUT2D eigenvalue weighted by molar-refractivity contribution is 6.31. The van der Waals surface area contributed by atoms with Crippen molar-refractivity contribution in [2.45, 2.75) is 32.4 Å². The van der Waals surface area contributed by atoms with Crippen molar-refractivity contribution in [3.63, 3.8) is 0 Å². The van der Waals surface area contributed by atoms with Crippen molar-refractivity contribution in [2.24, 2.45) is 5.92 Å². The number of aryl methyl sites for hydroxylation is 1. The SMILES string of the molecule is CCn1ccnc1[C@@H]1OCCC[C@H]1C(=O)N1CCN(C)c2ccc(Cl)cc21. The van der Waals surface area contributed by atoms with Crippen LogP contribution < -0.4 is 9.80 Å². The number of hydrogen-bond donors (Lipinski definition) is 0. The summed E-state index contributed by atoms with van der Waals surface area (Å²) in [4.78, 5) is 22.1. The molecule has 0 unspecified atom stereocenters. The molecule has 1 saturated heterocycles. The second kappa shape index (κ2) is 7.52. The van der Waals surface area contributed by atoms with Gasteiger partial charge < -0.3 is 19.1 Å². The first kappa shape index (κ1) is 18.3. The molecule has 2 atom stereocenters. The first-order valence-electron chi connectivity index (χ1n) is 9.55. The minimum absolute atomic E-state index is 0.0990. The summed E-state index contributed by atoms with van der Waals surface area (Å²) >= 11 is 6.24. The number of rotatable bonds is 3. The second-order valence-electron chi connectivity index (χ2n) is 7.16. The Hall–Kier alpha value is -2.05. The zero-order valence-corrected chi connectivity index (χ0v) is 16.5. The van der Waals surface area contributed by atoms with Gasteiger partial charge in [0.25, 0.3) is 0 Å². The van der Waals surface area contributed by atoms with Crippen molar-refractivity contribution in [3.05, 3.63) is 41.4 Å². The van der Waals surface area contributed by atoms with Crippen LogP contribution in [-0.2, 0) is 16.1 Å². The summed E-state index contributed by atoms with van der Waals surface area (Å²) in [6.07, 6.45) is 5.12. The normalized spacial score (nSPS) is 22.6. The van der Waals surface area contributed by atoms with Crippen molar-refractivity contribution in [1.29, 1.82) is 0 Å². The highest BCUT2D eigenvalue weighted by atomic mass is 35.5. The zero-order chi connectivity index (χ0) is 19.0. The van der Waals surface area contributed by atoms with Crippen molar-refractivity contribution in [1.82, 2.24) is 9.55 Å². The number of aromatic nitrogens is 2. The van der Waals surface area contributed by atoms with Crippen LogP contribution in [-0.4, -0.2) is 42.2 Å². The van der Waals surface area contributed by atoms with Gasteiger partial charge in [-0.3, -0.25) is 4.79 Å². The van der Waals surface area contributed by atoms with E-state index in [9.17, 15) is 4.79 Å². The van der Waals surface area contributed by atoms with Gasteiger partial charge in [-0.2, -0.15) is 0 Å². The third-order valence-electron chi connectivity index (χ3n) is 5.55. The maximum absolute atomic E-state index is 13.6. The zero-order valence-electron chi connectivity index (χ0n) is 15.8. The standard InChI is InChI=1S/C20H25ClN4O2/c1-3-24-9-8-22-19(24)18-15(5-4-12-27-18)20(26)25-11-10-23(2)16-7-6-14(21)13-17(16)25/h6-9,13,15,18H,3-5,10-12H2,1-2H3/t15-,18-/m1/s1. The van der Waals surface area contributed by atoms with Gasteiger partial charge in [0, 0.05) is 50.7 Å². The molecule has 0 radical (unpaired) electrons. The predicted molar refractivity (Wildman–Crippen MR) is 106 cm³/mol. The summed E-state index contributed by atoms with van der Waals surface area (Å²) < 4.78 is 8.12.